The molecule has 1 radical (unpaired) electrons. The maximum atomic E-state index is 13.7. The molecule has 0 saturated heterocycles. The summed E-state index contributed by atoms with van der Waals surface area (Å²) in [7, 11) is -5.25. The van der Waals surface area contributed by atoms with Crippen LogP contribution in [0.3, 0.4) is 0 Å². The van der Waals surface area contributed by atoms with Gasteiger partial charge in [0.25, 0.3) is 5.69 Å². The third kappa shape index (κ3) is 3.96. The van der Waals surface area contributed by atoms with E-state index in [9.17, 15) is 18.5 Å². The molecule has 29 heavy (non-hydrogen) atoms. The van der Waals surface area contributed by atoms with Crippen LogP contribution in [0.5, 0.6) is 0 Å². The molecule has 1 unspecified atom stereocenters. The summed E-state index contributed by atoms with van der Waals surface area (Å²) in [5.41, 5.74) is -0.150. The molecule has 3 aromatic carbocycles. The van der Waals surface area contributed by atoms with E-state index >= 15 is 0 Å². The summed E-state index contributed by atoms with van der Waals surface area (Å²) in [4.78, 5) is 10.4. The van der Waals surface area contributed by atoms with E-state index in [1.165, 1.54) is 24.3 Å². The smallest absolute Gasteiger partial charge is 0.258 e. The Bertz CT molecular complexity index is 1050. The first-order valence-electron chi connectivity index (χ1n) is 9.06. The van der Waals surface area contributed by atoms with Crippen LogP contribution in [0.2, 0.25) is 0 Å². The molecule has 149 valence electrons. The number of nitro groups is 1. The highest BCUT2D eigenvalue weighted by molar-refractivity contribution is 8.03. The van der Waals surface area contributed by atoms with Gasteiger partial charge in [0.05, 0.1) is 9.82 Å². The Labute approximate surface area is 172 Å². The first-order valence-corrected chi connectivity index (χ1v) is 11.9. The van der Waals surface area contributed by atoms with Gasteiger partial charge in [0.2, 0.25) is 0 Å². The second kappa shape index (κ2) is 8.44. The summed E-state index contributed by atoms with van der Waals surface area (Å²) < 4.78 is 26.1. The van der Waals surface area contributed by atoms with Crippen LogP contribution in [0.15, 0.2) is 89.8 Å². The molecule has 0 N–H and O–H groups in total. The zero-order chi connectivity index (χ0) is 21.1. The Morgan fingerprint density at radius 2 is 1.34 bits per heavy atom. The van der Waals surface area contributed by atoms with Gasteiger partial charge in [0.15, 0.2) is 9.84 Å². The maximum Gasteiger partial charge on any atom is 0.269 e. The number of hydrogen-bond donors (Lipinski definition) is 0. The van der Waals surface area contributed by atoms with Crippen molar-refractivity contribution in [1.82, 2.24) is 0 Å². The maximum absolute atomic E-state index is 13.7. The number of benzene rings is 3. The van der Waals surface area contributed by atoms with Gasteiger partial charge in [-0.3, -0.25) is 10.1 Å². The third-order valence-corrected chi connectivity index (χ3v) is 11.1. The fourth-order valence-electron chi connectivity index (χ4n) is 3.21. The Balaban J connectivity index is 2.19. The van der Waals surface area contributed by atoms with Gasteiger partial charge in [-0.05, 0) is 44.0 Å². The zero-order valence-corrected chi connectivity index (χ0v) is 17.6. The quantitative estimate of drug-likeness (QED) is 0.318. The Hall–Kier alpha value is -2.56. The van der Waals surface area contributed by atoms with Crippen LogP contribution in [-0.2, 0) is 9.84 Å². The van der Waals surface area contributed by atoms with E-state index in [-0.39, 0.29) is 10.6 Å². The molecule has 0 spiro atoms. The molecule has 0 amide bonds. The van der Waals surface area contributed by atoms with Crippen LogP contribution in [-0.4, -0.2) is 17.8 Å². The molecule has 1 atom stereocenters. The van der Waals surface area contributed by atoms with Gasteiger partial charge >= 0.3 is 0 Å². The largest absolute Gasteiger partial charge is 0.269 e. The molecule has 3 aromatic rings. The predicted octanol–water partition coefficient (Wildman–Crippen LogP) is 4.44. The Kier molecular flexibility index (Phi) is 6.15. The van der Waals surface area contributed by atoms with E-state index in [0.717, 1.165) is 10.6 Å². The van der Waals surface area contributed by atoms with Crippen molar-refractivity contribution in [3.63, 3.8) is 0 Å². The third-order valence-electron chi connectivity index (χ3n) is 4.85. The van der Waals surface area contributed by atoms with Crippen molar-refractivity contribution < 1.29 is 13.3 Å². The summed E-state index contributed by atoms with van der Waals surface area (Å²) in [6.07, 6.45) is 0.293. The number of rotatable bonds is 7. The molecular formula is C22H21NO4PS. The lowest BCUT2D eigenvalue weighted by atomic mass is 10.3. The number of hydrogen-bond acceptors (Lipinski definition) is 4. The Morgan fingerprint density at radius 3 is 1.72 bits per heavy atom. The average molecular weight is 426 g/mol. The van der Waals surface area contributed by atoms with E-state index in [4.69, 9.17) is 0 Å². The summed E-state index contributed by atoms with van der Waals surface area (Å²) >= 11 is 0. The summed E-state index contributed by atoms with van der Waals surface area (Å²) in [6.45, 7) is 6.07. The van der Waals surface area contributed by atoms with Crippen LogP contribution in [0.1, 0.15) is 13.3 Å². The van der Waals surface area contributed by atoms with Crippen molar-refractivity contribution in [2.24, 2.45) is 0 Å². The monoisotopic (exact) mass is 426 g/mol. The molecule has 5 nitrogen and oxygen atoms in total. The molecule has 0 saturated carbocycles. The SMILES string of the molecule is [CH2]C(CC)(P(c1ccccc1)c1ccccc1)S(=O)(=O)c1ccc([N+](=O)[O-])cc1. The number of non-ortho nitro benzene ring substituents is 1. The molecule has 0 heterocycles. The average Bonchev–Trinajstić information content (AvgIpc) is 2.75. The van der Waals surface area contributed by atoms with E-state index in [1.807, 2.05) is 67.6 Å². The molecule has 0 aliphatic heterocycles. The van der Waals surface area contributed by atoms with Crippen LogP contribution in [0.25, 0.3) is 0 Å². The van der Waals surface area contributed by atoms with E-state index in [0.29, 0.717) is 6.42 Å². The molecule has 0 aromatic heterocycles. The normalized spacial score (nSPS) is 13.8. The van der Waals surface area contributed by atoms with Gasteiger partial charge in [-0.25, -0.2) is 8.42 Å². The van der Waals surface area contributed by atoms with Gasteiger partial charge in [0.1, 0.15) is 4.49 Å². The van der Waals surface area contributed by atoms with Crippen LogP contribution >= 0.6 is 7.92 Å². The summed E-state index contributed by atoms with van der Waals surface area (Å²) in [5.74, 6) is 0. The Morgan fingerprint density at radius 1 is 0.897 bits per heavy atom. The lowest BCUT2D eigenvalue weighted by Crippen LogP contribution is -2.39. The first-order chi connectivity index (χ1) is 13.8. The molecule has 0 fully saturated rings. The topological polar surface area (TPSA) is 77.3 Å². The molecule has 0 aliphatic rings. The zero-order valence-electron chi connectivity index (χ0n) is 15.9. The lowest BCUT2D eigenvalue weighted by Gasteiger charge is -2.37. The highest BCUT2D eigenvalue weighted by atomic mass is 32.2. The lowest BCUT2D eigenvalue weighted by molar-refractivity contribution is -0.384. The van der Waals surface area contributed by atoms with Gasteiger partial charge < -0.3 is 0 Å². The minimum absolute atomic E-state index is 0.0410. The van der Waals surface area contributed by atoms with Crippen molar-refractivity contribution in [2.75, 3.05) is 0 Å². The van der Waals surface area contributed by atoms with E-state index in [1.54, 1.807) is 0 Å². The van der Waals surface area contributed by atoms with Crippen LogP contribution < -0.4 is 10.6 Å². The minimum atomic E-state index is -3.89. The molecule has 0 bridgehead atoms. The number of nitrogens with zero attached hydrogens (tertiary/aromatic N) is 1. The van der Waals surface area contributed by atoms with E-state index < -0.39 is 27.2 Å². The van der Waals surface area contributed by atoms with Gasteiger partial charge in [-0.2, -0.15) is 0 Å². The van der Waals surface area contributed by atoms with Gasteiger partial charge in [-0.15, -0.1) is 0 Å². The number of sulfone groups is 1. The van der Waals surface area contributed by atoms with Crippen molar-refractivity contribution in [3.05, 3.63) is 102 Å². The van der Waals surface area contributed by atoms with Crippen molar-refractivity contribution in [3.8, 4) is 0 Å². The van der Waals surface area contributed by atoms with Gasteiger partial charge in [0, 0.05) is 12.1 Å². The highest BCUT2D eigenvalue weighted by Crippen LogP contribution is 2.54. The minimum Gasteiger partial charge on any atom is -0.258 e. The standard InChI is InChI=1S/C22H21NO4PS/c1-3-22(2,29(26,27)21-16-14-18(15-17-21)23(24)25)28(19-10-6-4-7-11-19)20-12-8-5-9-13-20/h4-17H,2-3H2,1H3. The number of nitro benzene ring substituents is 1. The van der Waals surface area contributed by atoms with Gasteiger partial charge in [-0.1, -0.05) is 67.6 Å². The highest BCUT2D eigenvalue weighted by Gasteiger charge is 2.47. The van der Waals surface area contributed by atoms with Crippen LogP contribution in [0, 0.1) is 17.0 Å². The second-order valence-electron chi connectivity index (χ2n) is 6.56. The fraction of sp³-hybridized carbons (Fsp3) is 0.136. The molecule has 7 heteroatoms. The predicted molar refractivity (Wildman–Crippen MR) is 118 cm³/mol. The van der Waals surface area contributed by atoms with E-state index in [2.05, 4.69) is 6.92 Å². The molecule has 3 rings (SSSR count). The van der Waals surface area contributed by atoms with Crippen LogP contribution in [0.4, 0.5) is 5.69 Å². The van der Waals surface area contributed by atoms with Crippen molar-refractivity contribution >= 4 is 34.1 Å². The van der Waals surface area contributed by atoms with Crippen molar-refractivity contribution in [1.29, 1.82) is 0 Å². The molecule has 0 aliphatic carbocycles. The second-order valence-corrected chi connectivity index (χ2v) is 11.7. The van der Waals surface area contributed by atoms with Crippen molar-refractivity contribution in [2.45, 2.75) is 22.7 Å². The molecular weight excluding hydrogens is 405 g/mol. The fourth-order valence-corrected chi connectivity index (χ4v) is 8.93. The summed E-state index contributed by atoms with van der Waals surface area (Å²) in [5, 5.41) is 12.8. The summed E-state index contributed by atoms with van der Waals surface area (Å²) in [6, 6.07) is 24.1. The first kappa shape index (κ1) is 21.2.